The van der Waals surface area contributed by atoms with Gasteiger partial charge in [-0.25, -0.2) is 0 Å². The molecule has 1 saturated carbocycles. The van der Waals surface area contributed by atoms with Crippen LogP contribution in [0.5, 0.6) is 0 Å². The van der Waals surface area contributed by atoms with Crippen molar-refractivity contribution in [2.24, 2.45) is 0 Å². The van der Waals surface area contributed by atoms with Gasteiger partial charge in [0.15, 0.2) is 0 Å². The molecular weight excluding hydrogens is 312 g/mol. The van der Waals surface area contributed by atoms with Crippen molar-refractivity contribution in [3.05, 3.63) is 30.1 Å². The maximum atomic E-state index is 8.06. The third-order valence-electron chi connectivity index (χ3n) is 2.18. The van der Waals surface area contributed by atoms with Gasteiger partial charge >= 0.3 is 0 Å². The molecule has 0 bridgehead atoms. The molecule has 0 atom stereocenters. The smallest absolute Gasteiger partial charge is 0.0483 e. The van der Waals surface area contributed by atoms with E-state index in [1.807, 2.05) is 0 Å². The number of rotatable bonds is 0. The Morgan fingerprint density at radius 1 is 0.591 bits per heavy atom. The van der Waals surface area contributed by atoms with Gasteiger partial charge in [0, 0.05) is 40.0 Å². The van der Waals surface area contributed by atoms with Crippen LogP contribution in [0.3, 0.4) is 0 Å². The van der Waals surface area contributed by atoms with E-state index in [1.54, 1.807) is 41.5 Å². The molecule has 0 amide bonds. The van der Waals surface area contributed by atoms with Crippen molar-refractivity contribution in [1.29, 1.82) is 0 Å². The van der Waals surface area contributed by atoms with Crippen LogP contribution in [-0.2, 0) is 21.7 Å². The molecular formula is C18H37O3Ti. The molecule has 0 aromatic heterocycles. The molecule has 0 aromatic rings. The summed E-state index contributed by atoms with van der Waals surface area (Å²) in [6.07, 6.45) is 1.74. The molecule has 1 fully saturated rings. The quantitative estimate of drug-likeness (QED) is 0.584. The second kappa shape index (κ2) is 17.9. The summed E-state index contributed by atoms with van der Waals surface area (Å²) in [6, 6.07) is 0. The summed E-state index contributed by atoms with van der Waals surface area (Å²) in [4.78, 5) is 0. The van der Waals surface area contributed by atoms with E-state index in [0.29, 0.717) is 0 Å². The maximum absolute atomic E-state index is 8.06. The van der Waals surface area contributed by atoms with E-state index in [1.165, 1.54) is 23.7 Å². The topological polar surface area (TPSA) is 60.7 Å². The molecule has 1 aliphatic carbocycles. The van der Waals surface area contributed by atoms with Crippen molar-refractivity contribution in [2.45, 2.75) is 87.5 Å². The first kappa shape index (κ1) is 30.5. The average molecular weight is 349 g/mol. The number of hydrogen-bond acceptors (Lipinski definition) is 3. The maximum Gasteiger partial charge on any atom is 0.0483 e. The third kappa shape index (κ3) is 28.7. The molecule has 1 aliphatic rings. The van der Waals surface area contributed by atoms with Gasteiger partial charge in [0.1, 0.15) is 0 Å². The van der Waals surface area contributed by atoms with Crippen molar-refractivity contribution in [3.8, 4) is 0 Å². The summed E-state index contributed by atoms with van der Waals surface area (Å²) in [7, 11) is 0. The molecule has 0 aromatic carbocycles. The van der Waals surface area contributed by atoms with E-state index in [-0.39, 0.29) is 40.0 Å². The molecule has 3 nitrogen and oxygen atoms in total. The Kier molecular flexibility index (Phi) is 24.9. The Morgan fingerprint density at radius 3 is 0.773 bits per heavy atom. The van der Waals surface area contributed by atoms with Crippen molar-refractivity contribution in [1.82, 2.24) is 0 Å². The molecule has 0 spiro atoms. The minimum Gasteiger partial charge on any atom is -0.394 e. The fourth-order valence-electron chi connectivity index (χ4n) is 1.13. The van der Waals surface area contributed by atoms with E-state index >= 15 is 0 Å². The SMILES string of the molecule is CC(C)O.CC(C)O.CC(C)O.C[C]1[CH][C](C)[C](C)[C]1C.[Ti]. The van der Waals surface area contributed by atoms with Gasteiger partial charge in [0.2, 0.25) is 0 Å². The van der Waals surface area contributed by atoms with Crippen LogP contribution in [-0.4, -0.2) is 33.6 Å². The molecule has 0 unspecified atom stereocenters. The number of aliphatic hydroxyl groups is 3. The van der Waals surface area contributed by atoms with E-state index in [0.717, 1.165) is 0 Å². The molecule has 3 N–H and O–H groups in total. The minimum atomic E-state index is -0.167. The summed E-state index contributed by atoms with van der Waals surface area (Å²) in [5.74, 6) is 5.75. The second-order valence-electron chi connectivity index (χ2n) is 6.04. The van der Waals surface area contributed by atoms with Gasteiger partial charge in [-0.05, 0) is 71.6 Å². The van der Waals surface area contributed by atoms with E-state index in [2.05, 4.69) is 34.1 Å². The van der Waals surface area contributed by atoms with Gasteiger partial charge in [-0.15, -0.1) is 0 Å². The summed E-state index contributed by atoms with van der Waals surface area (Å²) < 4.78 is 0. The van der Waals surface area contributed by atoms with Gasteiger partial charge in [-0.1, -0.05) is 27.7 Å². The fraction of sp³-hybridized carbons (Fsp3) is 0.722. The second-order valence-corrected chi connectivity index (χ2v) is 6.04. The Labute approximate surface area is 154 Å². The van der Waals surface area contributed by atoms with Crippen molar-refractivity contribution in [2.75, 3.05) is 0 Å². The van der Waals surface area contributed by atoms with Gasteiger partial charge in [0.05, 0.1) is 0 Å². The zero-order valence-corrected chi connectivity index (χ0v) is 17.7. The monoisotopic (exact) mass is 349 g/mol. The minimum absolute atomic E-state index is 0. The molecule has 0 aliphatic heterocycles. The van der Waals surface area contributed by atoms with Gasteiger partial charge < -0.3 is 15.3 Å². The van der Waals surface area contributed by atoms with Crippen LogP contribution in [0.4, 0.5) is 0 Å². The van der Waals surface area contributed by atoms with Crippen molar-refractivity contribution < 1.29 is 37.0 Å². The molecule has 4 heteroatoms. The molecule has 22 heavy (non-hydrogen) atoms. The Morgan fingerprint density at radius 2 is 0.727 bits per heavy atom. The van der Waals surface area contributed by atoms with Crippen LogP contribution < -0.4 is 0 Å². The summed E-state index contributed by atoms with van der Waals surface area (Å²) in [6.45, 7) is 19.0. The Bertz CT molecular complexity index is 174. The zero-order valence-electron chi connectivity index (χ0n) is 16.2. The van der Waals surface area contributed by atoms with Crippen LogP contribution in [0.1, 0.15) is 69.2 Å². The van der Waals surface area contributed by atoms with Gasteiger partial charge in [-0.2, -0.15) is 0 Å². The van der Waals surface area contributed by atoms with Crippen LogP contribution in [0, 0.1) is 30.1 Å². The number of hydrogen-bond donors (Lipinski definition) is 3. The molecule has 0 saturated heterocycles. The van der Waals surface area contributed by atoms with Gasteiger partial charge in [0.25, 0.3) is 0 Å². The summed E-state index contributed by atoms with van der Waals surface area (Å²) in [5.41, 5.74) is 0. The molecule has 0 heterocycles. The first-order chi connectivity index (χ1) is 9.32. The molecule has 1 rings (SSSR count). The predicted octanol–water partition coefficient (Wildman–Crippen LogP) is 3.74. The molecule has 5 radical (unpaired) electrons. The first-order valence-electron chi connectivity index (χ1n) is 7.57. The average Bonchev–Trinajstić information content (AvgIpc) is 2.43. The first-order valence-corrected chi connectivity index (χ1v) is 7.57. The number of aliphatic hydroxyl groups excluding tert-OH is 3. The van der Waals surface area contributed by atoms with E-state index in [4.69, 9.17) is 15.3 Å². The van der Waals surface area contributed by atoms with Crippen molar-refractivity contribution >= 4 is 0 Å². The zero-order chi connectivity index (χ0) is 17.7. The Balaban J connectivity index is -0.000000107. The summed E-state index contributed by atoms with van der Waals surface area (Å²) >= 11 is 0. The summed E-state index contributed by atoms with van der Waals surface area (Å²) in [5, 5.41) is 24.2. The van der Waals surface area contributed by atoms with Crippen LogP contribution in [0.2, 0.25) is 0 Å². The van der Waals surface area contributed by atoms with Crippen LogP contribution >= 0.6 is 0 Å². The van der Waals surface area contributed by atoms with E-state index < -0.39 is 0 Å². The standard InChI is InChI=1S/C9H13.3C3H8O.Ti/c1-6-5-7(2)9(4)8(6)3;3*1-3(2)4;/h5H,1-4H3;3*3-4H,1-2H3;. The van der Waals surface area contributed by atoms with Crippen LogP contribution in [0.25, 0.3) is 0 Å². The molecule has 131 valence electrons. The Hall–Kier alpha value is 0.594. The largest absolute Gasteiger partial charge is 0.394 e. The van der Waals surface area contributed by atoms with E-state index in [9.17, 15) is 0 Å². The predicted molar refractivity (Wildman–Crippen MR) is 92.0 cm³/mol. The van der Waals surface area contributed by atoms with Crippen molar-refractivity contribution in [3.63, 3.8) is 0 Å². The fourth-order valence-corrected chi connectivity index (χ4v) is 1.13. The normalized spacial score (nSPS) is 16.4. The third-order valence-corrected chi connectivity index (χ3v) is 2.18. The van der Waals surface area contributed by atoms with Crippen LogP contribution in [0.15, 0.2) is 0 Å². The van der Waals surface area contributed by atoms with Gasteiger partial charge in [-0.3, -0.25) is 0 Å².